The van der Waals surface area contributed by atoms with Gasteiger partial charge in [-0.1, -0.05) is 42.0 Å². The summed E-state index contributed by atoms with van der Waals surface area (Å²) < 4.78 is 22.4. The van der Waals surface area contributed by atoms with Crippen molar-refractivity contribution in [3.05, 3.63) is 65.2 Å². The molecule has 0 bridgehead atoms. The second kappa shape index (κ2) is 7.59. The number of aryl methyl sites for hydroxylation is 2. The predicted octanol–water partition coefficient (Wildman–Crippen LogP) is 2.45. The molecule has 128 valence electrons. The average Bonchev–Trinajstić information content (AvgIpc) is 2.53. The molecule has 0 aliphatic rings. The largest absolute Gasteiger partial charge is 0.350 e. The molecule has 0 heterocycles. The zero-order valence-corrected chi connectivity index (χ0v) is 14.6. The van der Waals surface area contributed by atoms with E-state index in [0.29, 0.717) is 12.8 Å². The quantitative estimate of drug-likeness (QED) is 0.842. The lowest BCUT2D eigenvalue weighted by molar-refractivity contribution is -0.121. The standard InChI is InChI=1S/C18H22N2O3S/c1-13-3-8-16(9-4-13)14(2)20-18(21)12-7-15-5-10-17(11-6-15)24(19,22)23/h3-6,8-11,14H,7,12H2,1-2H3,(H,20,21)(H2,19,22,23). The SMILES string of the molecule is Cc1ccc(C(C)NC(=O)CCc2ccc(S(N)(=O)=O)cc2)cc1. The first kappa shape index (κ1) is 18.2. The van der Waals surface area contributed by atoms with Crippen LogP contribution in [0.25, 0.3) is 0 Å². The zero-order chi connectivity index (χ0) is 17.7. The lowest BCUT2D eigenvalue weighted by atomic mass is 10.1. The van der Waals surface area contributed by atoms with Crippen molar-refractivity contribution in [2.45, 2.75) is 37.6 Å². The fourth-order valence-corrected chi connectivity index (χ4v) is 2.87. The van der Waals surface area contributed by atoms with E-state index in [4.69, 9.17) is 5.14 Å². The number of primary sulfonamides is 1. The molecule has 2 rings (SSSR count). The van der Waals surface area contributed by atoms with Crippen molar-refractivity contribution in [2.24, 2.45) is 5.14 Å². The van der Waals surface area contributed by atoms with Crippen LogP contribution < -0.4 is 10.5 Å². The predicted molar refractivity (Wildman–Crippen MR) is 93.9 cm³/mol. The molecule has 0 fully saturated rings. The highest BCUT2D eigenvalue weighted by Gasteiger charge is 2.10. The number of carbonyl (C=O) groups is 1. The van der Waals surface area contributed by atoms with Gasteiger partial charge in [-0.15, -0.1) is 0 Å². The molecule has 6 heteroatoms. The number of hydrogen-bond donors (Lipinski definition) is 2. The van der Waals surface area contributed by atoms with Crippen LogP contribution in [-0.2, 0) is 21.2 Å². The van der Waals surface area contributed by atoms with Crippen molar-refractivity contribution < 1.29 is 13.2 Å². The molecule has 0 aliphatic carbocycles. The fourth-order valence-electron chi connectivity index (χ4n) is 2.36. The zero-order valence-electron chi connectivity index (χ0n) is 13.8. The van der Waals surface area contributed by atoms with Gasteiger partial charge in [0.25, 0.3) is 0 Å². The number of nitrogens with two attached hydrogens (primary N) is 1. The molecular weight excluding hydrogens is 324 g/mol. The first-order chi connectivity index (χ1) is 11.3. The molecule has 0 radical (unpaired) electrons. The molecule has 0 saturated heterocycles. The Hall–Kier alpha value is -2.18. The molecule has 1 atom stereocenters. The summed E-state index contributed by atoms with van der Waals surface area (Å²) in [4.78, 5) is 12.1. The highest BCUT2D eigenvalue weighted by molar-refractivity contribution is 7.89. The summed E-state index contributed by atoms with van der Waals surface area (Å²) in [5, 5.41) is 8.02. The van der Waals surface area contributed by atoms with Crippen LogP contribution in [0.2, 0.25) is 0 Å². The topological polar surface area (TPSA) is 89.3 Å². The maximum Gasteiger partial charge on any atom is 0.238 e. The van der Waals surface area contributed by atoms with Gasteiger partial charge in [0.1, 0.15) is 0 Å². The Kier molecular flexibility index (Phi) is 5.75. The number of sulfonamides is 1. The molecule has 3 N–H and O–H groups in total. The molecule has 2 aromatic carbocycles. The Balaban J connectivity index is 1.87. The van der Waals surface area contributed by atoms with Crippen molar-refractivity contribution in [3.8, 4) is 0 Å². The van der Waals surface area contributed by atoms with E-state index in [1.54, 1.807) is 12.1 Å². The minimum atomic E-state index is -3.68. The molecule has 1 amide bonds. The Morgan fingerprint density at radius 1 is 1.08 bits per heavy atom. The van der Waals surface area contributed by atoms with Crippen LogP contribution >= 0.6 is 0 Å². The number of amides is 1. The van der Waals surface area contributed by atoms with Crippen LogP contribution in [-0.4, -0.2) is 14.3 Å². The van der Waals surface area contributed by atoms with E-state index in [-0.39, 0.29) is 16.8 Å². The van der Waals surface area contributed by atoms with E-state index in [1.165, 1.54) is 17.7 Å². The first-order valence-electron chi connectivity index (χ1n) is 7.73. The van der Waals surface area contributed by atoms with E-state index in [1.807, 2.05) is 38.1 Å². The minimum Gasteiger partial charge on any atom is -0.350 e. The summed E-state index contributed by atoms with van der Waals surface area (Å²) >= 11 is 0. The highest BCUT2D eigenvalue weighted by Crippen LogP contribution is 2.14. The maximum absolute atomic E-state index is 12.1. The van der Waals surface area contributed by atoms with Crippen LogP contribution in [0.1, 0.15) is 36.1 Å². The molecule has 1 unspecified atom stereocenters. The van der Waals surface area contributed by atoms with Gasteiger partial charge in [0.2, 0.25) is 15.9 Å². The summed E-state index contributed by atoms with van der Waals surface area (Å²) in [5.74, 6) is -0.0430. The Morgan fingerprint density at radius 2 is 1.67 bits per heavy atom. The molecule has 2 aromatic rings. The van der Waals surface area contributed by atoms with Gasteiger partial charge >= 0.3 is 0 Å². The second-order valence-corrected chi connectivity index (χ2v) is 7.45. The number of nitrogens with one attached hydrogen (secondary N) is 1. The number of carbonyl (C=O) groups excluding carboxylic acids is 1. The molecule has 0 saturated carbocycles. The van der Waals surface area contributed by atoms with E-state index < -0.39 is 10.0 Å². The van der Waals surface area contributed by atoms with Crippen LogP contribution in [0.15, 0.2) is 53.4 Å². The first-order valence-corrected chi connectivity index (χ1v) is 9.28. The normalized spacial score (nSPS) is 12.6. The summed E-state index contributed by atoms with van der Waals surface area (Å²) in [6, 6.07) is 14.3. The average molecular weight is 346 g/mol. The van der Waals surface area contributed by atoms with Crippen LogP contribution in [0.3, 0.4) is 0 Å². The Labute approximate surface area is 142 Å². The van der Waals surface area contributed by atoms with E-state index in [2.05, 4.69) is 5.32 Å². The lowest BCUT2D eigenvalue weighted by Gasteiger charge is -2.14. The van der Waals surface area contributed by atoms with Crippen LogP contribution in [0, 0.1) is 6.92 Å². The lowest BCUT2D eigenvalue weighted by Crippen LogP contribution is -2.26. The summed E-state index contributed by atoms with van der Waals surface area (Å²) in [6.45, 7) is 3.97. The Morgan fingerprint density at radius 3 is 2.21 bits per heavy atom. The van der Waals surface area contributed by atoms with Gasteiger partial charge in [-0.3, -0.25) is 4.79 Å². The third-order valence-electron chi connectivity index (χ3n) is 3.85. The molecule has 0 aromatic heterocycles. The molecule has 24 heavy (non-hydrogen) atoms. The monoisotopic (exact) mass is 346 g/mol. The van der Waals surface area contributed by atoms with Gasteiger partial charge in [-0.2, -0.15) is 0 Å². The summed E-state index contributed by atoms with van der Waals surface area (Å²) in [5.41, 5.74) is 3.13. The second-order valence-electron chi connectivity index (χ2n) is 5.89. The third-order valence-corrected chi connectivity index (χ3v) is 4.78. The van der Waals surface area contributed by atoms with E-state index in [0.717, 1.165) is 11.1 Å². The van der Waals surface area contributed by atoms with Crippen molar-refractivity contribution in [3.63, 3.8) is 0 Å². The van der Waals surface area contributed by atoms with Crippen molar-refractivity contribution >= 4 is 15.9 Å². The number of benzene rings is 2. The molecular formula is C18H22N2O3S. The number of rotatable bonds is 6. The summed E-state index contributed by atoms with van der Waals surface area (Å²) in [7, 11) is -3.68. The van der Waals surface area contributed by atoms with Crippen molar-refractivity contribution in [2.75, 3.05) is 0 Å². The van der Waals surface area contributed by atoms with E-state index >= 15 is 0 Å². The summed E-state index contributed by atoms with van der Waals surface area (Å²) in [6.07, 6.45) is 0.877. The van der Waals surface area contributed by atoms with Gasteiger partial charge in [0.05, 0.1) is 10.9 Å². The fraction of sp³-hybridized carbons (Fsp3) is 0.278. The number of hydrogen-bond acceptors (Lipinski definition) is 3. The Bertz CT molecular complexity index is 797. The van der Waals surface area contributed by atoms with Gasteiger partial charge in [0, 0.05) is 6.42 Å². The smallest absolute Gasteiger partial charge is 0.238 e. The van der Waals surface area contributed by atoms with Crippen molar-refractivity contribution in [1.29, 1.82) is 0 Å². The molecule has 5 nitrogen and oxygen atoms in total. The van der Waals surface area contributed by atoms with Gasteiger partial charge in [-0.05, 0) is 43.5 Å². The van der Waals surface area contributed by atoms with E-state index in [9.17, 15) is 13.2 Å². The van der Waals surface area contributed by atoms with Crippen LogP contribution in [0.4, 0.5) is 0 Å². The van der Waals surface area contributed by atoms with Crippen LogP contribution in [0.5, 0.6) is 0 Å². The molecule has 0 spiro atoms. The van der Waals surface area contributed by atoms with Gasteiger partial charge in [0.15, 0.2) is 0 Å². The molecule has 0 aliphatic heterocycles. The van der Waals surface area contributed by atoms with Crippen molar-refractivity contribution in [1.82, 2.24) is 5.32 Å². The maximum atomic E-state index is 12.1. The van der Waals surface area contributed by atoms with Gasteiger partial charge < -0.3 is 5.32 Å². The minimum absolute atomic E-state index is 0.0430. The van der Waals surface area contributed by atoms with Gasteiger partial charge in [-0.25, -0.2) is 13.6 Å². The third kappa shape index (κ3) is 5.18. The highest BCUT2D eigenvalue weighted by atomic mass is 32.2.